The molecule has 4 nitrogen and oxygen atoms in total. The molecule has 2 aromatic carbocycles. The van der Waals surface area contributed by atoms with E-state index in [1.165, 1.54) is 10.8 Å². The van der Waals surface area contributed by atoms with Crippen LogP contribution in [0.15, 0.2) is 55.1 Å². The van der Waals surface area contributed by atoms with Crippen LogP contribution in [0.1, 0.15) is 16.8 Å². The fourth-order valence-corrected chi connectivity index (χ4v) is 2.66. The summed E-state index contributed by atoms with van der Waals surface area (Å²) in [5.74, 6) is 0.401. The first-order chi connectivity index (χ1) is 10.7. The molecule has 0 radical (unpaired) electrons. The van der Waals surface area contributed by atoms with Gasteiger partial charge in [0.2, 0.25) is 0 Å². The molecule has 0 saturated carbocycles. The maximum Gasteiger partial charge on any atom is 0.140 e. The van der Waals surface area contributed by atoms with Gasteiger partial charge in [0.15, 0.2) is 0 Å². The lowest BCUT2D eigenvalue weighted by Gasteiger charge is -2.05. The zero-order chi connectivity index (χ0) is 15.5. The number of hydrogen-bond acceptors (Lipinski definition) is 3. The van der Waals surface area contributed by atoms with Gasteiger partial charge in [-0.2, -0.15) is 10.4 Å². The Morgan fingerprint density at radius 3 is 2.77 bits per heavy atom. The summed E-state index contributed by atoms with van der Waals surface area (Å²) >= 11 is 0. The molecule has 0 bridgehead atoms. The van der Waals surface area contributed by atoms with Crippen molar-refractivity contribution in [3.63, 3.8) is 0 Å². The van der Waals surface area contributed by atoms with Crippen LogP contribution in [-0.4, -0.2) is 9.78 Å². The Kier molecular flexibility index (Phi) is 3.63. The van der Waals surface area contributed by atoms with Crippen molar-refractivity contribution in [1.82, 2.24) is 9.78 Å². The van der Waals surface area contributed by atoms with E-state index in [1.807, 2.05) is 18.2 Å². The number of nitriles is 1. The standard InChI is InChI=1S/C18H16N4/c1-2-10-22-18(20)16(12-19)17(21-22)11-14-8-5-7-13-6-3-4-9-15(13)14/h2-9H,1,10-11,20H2. The summed E-state index contributed by atoms with van der Waals surface area (Å²) in [7, 11) is 0. The summed E-state index contributed by atoms with van der Waals surface area (Å²) in [6, 6.07) is 16.5. The molecular weight excluding hydrogens is 272 g/mol. The largest absolute Gasteiger partial charge is 0.383 e. The predicted molar refractivity (Wildman–Crippen MR) is 88.3 cm³/mol. The van der Waals surface area contributed by atoms with E-state index in [1.54, 1.807) is 10.8 Å². The van der Waals surface area contributed by atoms with Gasteiger partial charge >= 0.3 is 0 Å². The minimum Gasteiger partial charge on any atom is -0.383 e. The summed E-state index contributed by atoms with van der Waals surface area (Å²) in [5.41, 5.74) is 8.29. The lowest BCUT2D eigenvalue weighted by atomic mass is 10.00. The van der Waals surface area contributed by atoms with E-state index in [9.17, 15) is 5.26 Å². The minimum atomic E-state index is 0.401. The third kappa shape index (κ3) is 2.33. The first-order valence-electron chi connectivity index (χ1n) is 7.07. The molecule has 0 aliphatic rings. The van der Waals surface area contributed by atoms with Crippen LogP contribution in [0, 0.1) is 11.3 Å². The number of nitrogen functional groups attached to an aromatic ring is 1. The van der Waals surface area contributed by atoms with Crippen molar-refractivity contribution in [3.8, 4) is 6.07 Å². The molecule has 0 saturated heterocycles. The smallest absolute Gasteiger partial charge is 0.140 e. The number of rotatable bonds is 4. The number of hydrogen-bond donors (Lipinski definition) is 1. The number of fused-ring (bicyclic) bond motifs is 1. The third-order valence-corrected chi connectivity index (χ3v) is 3.72. The van der Waals surface area contributed by atoms with Gasteiger partial charge in [-0.05, 0) is 16.3 Å². The van der Waals surface area contributed by atoms with E-state index in [0.29, 0.717) is 30.0 Å². The van der Waals surface area contributed by atoms with Crippen LogP contribution in [0.25, 0.3) is 10.8 Å². The zero-order valence-corrected chi connectivity index (χ0v) is 12.2. The molecule has 0 atom stereocenters. The Morgan fingerprint density at radius 1 is 1.23 bits per heavy atom. The number of anilines is 1. The summed E-state index contributed by atoms with van der Waals surface area (Å²) in [6.07, 6.45) is 2.30. The Bertz CT molecular complexity index is 878. The van der Waals surface area contributed by atoms with Gasteiger partial charge in [0.25, 0.3) is 0 Å². The lowest BCUT2D eigenvalue weighted by molar-refractivity contribution is 0.700. The van der Waals surface area contributed by atoms with Gasteiger partial charge < -0.3 is 5.73 Å². The van der Waals surface area contributed by atoms with E-state index in [-0.39, 0.29) is 0 Å². The van der Waals surface area contributed by atoms with Crippen molar-refractivity contribution in [3.05, 3.63) is 71.9 Å². The molecule has 108 valence electrons. The quantitative estimate of drug-likeness (QED) is 0.749. The highest BCUT2D eigenvalue weighted by Crippen LogP contribution is 2.24. The third-order valence-electron chi connectivity index (χ3n) is 3.72. The van der Waals surface area contributed by atoms with Crippen molar-refractivity contribution in [1.29, 1.82) is 5.26 Å². The van der Waals surface area contributed by atoms with Crippen molar-refractivity contribution < 1.29 is 0 Å². The van der Waals surface area contributed by atoms with Gasteiger partial charge in [-0.1, -0.05) is 48.5 Å². The van der Waals surface area contributed by atoms with Gasteiger partial charge in [0, 0.05) is 6.42 Å². The van der Waals surface area contributed by atoms with Crippen molar-refractivity contribution in [2.24, 2.45) is 0 Å². The van der Waals surface area contributed by atoms with E-state index in [0.717, 1.165) is 5.56 Å². The summed E-state index contributed by atoms with van der Waals surface area (Å²) in [6.45, 7) is 4.18. The van der Waals surface area contributed by atoms with Gasteiger partial charge in [-0.25, -0.2) is 4.68 Å². The second-order valence-electron chi connectivity index (χ2n) is 5.10. The zero-order valence-electron chi connectivity index (χ0n) is 12.2. The Labute approximate surface area is 129 Å². The first kappa shape index (κ1) is 13.9. The molecule has 2 N–H and O–H groups in total. The molecule has 1 aromatic heterocycles. The number of benzene rings is 2. The summed E-state index contributed by atoms with van der Waals surface area (Å²) in [5, 5.41) is 16.2. The second kappa shape index (κ2) is 5.74. The van der Waals surface area contributed by atoms with Crippen molar-refractivity contribution >= 4 is 16.6 Å². The van der Waals surface area contributed by atoms with Gasteiger partial charge in [-0.3, -0.25) is 0 Å². The van der Waals surface area contributed by atoms with E-state index in [4.69, 9.17) is 5.73 Å². The molecule has 0 aliphatic heterocycles. The maximum absolute atomic E-state index is 9.36. The highest BCUT2D eigenvalue weighted by molar-refractivity contribution is 5.86. The fraction of sp³-hybridized carbons (Fsp3) is 0.111. The average Bonchev–Trinajstić information content (AvgIpc) is 2.83. The Morgan fingerprint density at radius 2 is 2.00 bits per heavy atom. The van der Waals surface area contributed by atoms with E-state index >= 15 is 0 Å². The highest BCUT2D eigenvalue weighted by atomic mass is 15.3. The van der Waals surface area contributed by atoms with Crippen LogP contribution < -0.4 is 5.73 Å². The fourth-order valence-electron chi connectivity index (χ4n) is 2.66. The Balaban J connectivity index is 2.07. The number of allylic oxidation sites excluding steroid dienone is 1. The molecule has 0 spiro atoms. The summed E-state index contributed by atoms with van der Waals surface area (Å²) in [4.78, 5) is 0. The van der Waals surface area contributed by atoms with Crippen LogP contribution in [0.2, 0.25) is 0 Å². The van der Waals surface area contributed by atoms with Crippen LogP contribution in [0.5, 0.6) is 0 Å². The van der Waals surface area contributed by atoms with Gasteiger partial charge in [-0.15, -0.1) is 6.58 Å². The van der Waals surface area contributed by atoms with E-state index in [2.05, 4.69) is 42.0 Å². The van der Waals surface area contributed by atoms with Crippen molar-refractivity contribution in [2.75, 3.05) is 5.73 Å². The van der Waals surface area contributed by atoms with E-state index < -0.39 is 0 Å². The molecule has 0 aliphatic carbocycles. The molecule has 0 fully saturated rings. The predicted octanol–water partition coefficient (Wildman–Crippen LogP) is 3.27. The topological polar surface area (TPSA) is 67.6 Å². The van der Waals surface area contributed by atoms with Gasteiger partial charge in [0.05, 0.1) is 12.2 Å². The SMILES string of the molecule is C=CCn1nc(Cc2cccc3ccccc23)c(C#N)c1N. The van der Waals surface area contributed by atoms with Crippen LogP contribution in [-0.2, 0) is 13.0 Å². The Hall–Kier alpha value is -3.06. The monoisotopic (exact) mass is 288 g/mol. The molecule has 0 amide bonds. The number of nitrogens with zero attached hydrogens (tertiary/aromatic N) is 3. The average molecular weight is 288 g/mol. The second-order valence-corrected chi connectivity index (χ2v) is 5.10. The van der Waals surface area contributed by atoms with Crippen LogP contribution in [0.3, 0.4) is 0 Å². The number of aromatic nitrogens is 2. The maximum atomic E-state index is 9.36. The molecule has 0 unspecified atom stereocenters. The minimum absolute atomic E-state index is 0.401. The molecule has 3 rings (SSSR count). The molecule has 4 heteroatoms. The number of nitrogens with two attached hydrogens (primary N) is 1. The summed E-state index contributed by atoms with van der Waals surface area (Å²) < 4.78 is 1.62. The van der Waals surface area contributed by atoms with Crippen LogP contribution >= 0.6 is 0 Å². The first-order valence-corrected chi connectivity index (χ1v) is 7.07. The van der Waals surface area contributed by atoms with Crippen molar-refractivity contribution in [2.45, 2.75) is 13.0 Å². The molecule has 22 heavy (non-hydrogen) atoms. The highest BCUT2D eigenvalue weighted by Gasteiger charge is 2.15. The lowest BCUT2D eigenvalue weighted by Crippen LogP contribution is -2.03. The molecule has 1 heterocycles. The van der Waals surface area contributed by atoms with Crippen LogP contribution in [0.4, 0.5) is 5.82 Å². The molecular formula is C18H16N4. The normalized spacial score (nSPS) is 10.5. The molecule has 3 aromatic rings. The van der Waals surface area contributed by atoms with Gasteiger partial charge in [0.1, 0.15) is 17.5 Å².